The molecule has 1 atom stereocenters. The van der Waals surface area contributed by atoms with Gasteiger partial charge in [-0.2, -0.15) is 0 Å². The Morgan fingerprint density at radius 3 is 2.52 bits per heavy atom. The Kier molecular flexibility index (Phi) is 5.97. The summed E-state index contributed by atoms with van der Waals surface area (Å²) in [6.07, 6.45) is 0.918. The Hall–Kier alpha value is -2.62. The molecule has 0 aliphatic rings. The number of aryl methyl sites for hydroxylation is 1. The van der Waals surface area contributed by atoms with Gasteiger partial charge in [-0.3, -0.25) is 9.59 Å². The molecule has 1 unspecified atom stereocenters. The molecule has 0 bridgehead atoms. The fourth-order valence-corrected chi connectivity index (χ4v) is 2.36. The Morgan fingerprint density at radius 2 is 1.92 bits per heavy atom. The first kappa shape index (κ1) is 18.7. The van der Waals surface area contributed by atoms with Crippen molar-refractivity contribution >= 4 is 34.4 Å². The second-order valence-electron chi connectivity index (χ2n) is 4.72. The molecule has 10 heteroatoms. The lowest BCUT2D eigenvalue weighted by atomic mass is 9.98. The van der Waals surface area contributed by atoms with Gasteiger partial charge in [0.15, 0.2) is 23.3 Å². The fourth-order valence-electron chi connectivity index (χ4n) is 1.82. The molecule has 0 aliphatic carbocycles. The summed E-state index contributed by atoms with van der Waals surface area (Å²) in [5.74, 6) is -7.90. The smallest absolute Gasteiger partial charge is 0.322 e. The quantitative estimate of drug-likeness (QED) is 0.256. The normalized spacial score (nSPS) is 12.4. The fraction of sp³-hybridized carbons (Fsp3) is 0.267. The number of Topliss-reactive ketones (excluding diaryl/α,β-unsaturated/α-hetero) is 1. The zero-order valence-corrected chi connectivity index (χ0v) is 13.9. The zero-order chi connectivity index (χ0) is 18.6. The highest BCUT2D eigenvalue weighted by Crippen LogP contribution is 2.20. The van der Waals surface area contributed by atoms with Gasteiger partial charge in [-0.15, -0.1) is 10.2 Å². The number of aromatic nitrogens is 2. The van der Waals surface area contributed by atoms with Crippen LogP contribution in [0.4, 0.5) is 18.3 Å². The average molecular weight is 371 g/mol. The van der Waals surface area contributed by atoms with Crippen molar-refractivity contribution < 1.29 is 27.5 Å². The average Bonchev–Trinajstić information content (AvgIpc) is 2.96. The number of rotatable bonds is 6. The van der Waals surface area contributed by atoms with E-state index in [1.165, 1.54) is 6.92 Å². The molecule has 132 valence electrons. The molecule has 0 saturated carbocycles. The SMILES string of the molecule is CCOC(=O)C(C=Nc1nnc(C)s1)C(=O)c1cc(F)c(F)cc1F. The molecular weight excluding hydrogens is 359 g/mol. The number of halogens is 3. The van der Waals surface area contributed by atoms with Crippen LogP contribution in [0, 0.1) is 30.3 Å². The van der Waals surface area contributed by atoms with Crippen molar-refractivity contribution in [3.05, 3.63) is 40.2 Å². The number of aliphatic imine (C=N–C) groups is 1. The van der Waals surface area contributed by atoms with Crippen LogP contribution in [-0.2, 0) is 9.53 Å². The molecule has 0 radical (unpaired) electrons. The van der Waals surface area contributed by atoms with Crippen molar-refractivity contribution in [2.24, 2.45) is 10.9 Å². The van der Waals surface area contributed by atoms with Gasteiger partial charge >= 0.3 is 5.97 Å². The number of benzene rings is 1. The summed E-state index contributed by atoms with van der Waals surface area (Å²) in [4.78, 5) is 28.3. The Morgan fingerprint density at radius 1 is 1.24 bits per heavy atom. The van der Waals surface area contributed by atoms with Crippen LogP contribution in [-0.4, -0.2) is 34.8 Å². The van der Waals surface area contributed by atoms with E-state index < -0.39 is 40.7 Å². The lowest BCUT2D eigenvalue weighted by molar-refractivity contribution is -0.143. The number of carbonyl (C=O) groups excluding carboxylic acids is 2. The Bertz CT molecular complexity index is 839. The number of carbonyl (C=O) groups is 2. The van der Waals surface area contributed by atoms with Crippen LogP contribution in [0.2, 0.25) is 0 Å². The van der Waals surface area contributed by atoms with Crippen LogP contribution in [0.25, 0.3) is 0 Å². The lowest BCUT2D eigenvalue weighted by Gasteiger charge is -2.11. The highest BCUT2D eigenvalue weighted by Gasteiger charge is 2.30. The van der Waals surface area contributed by atoms with Crippen molar-refractivity contribution in [3.63, 3.8) is 0 Å². The maximum Gasteiger partial charge on any atom is 0.322 e. The summed E-state index contributed by atoms with van der Waals surface area (Å²) in [5, 5.41) is 8.19. The van der Waals surface area contributed by atoms with E-state index >= 15 is 0 Å². The van der Waals surface area contributed by atoms with Crippen molar-refractivity contribution in [2.45, 2.75) is 13.8 Å². The first-order chi connectivity index (χ1) is 11.8. The molecule has 2 rings (SSSR count). The molecule has 1 aromatic heterocycles. The van der Waals surface area contributed by atoms with E-state index in [1.807, 2.05) is 0 Å². The molecule has 0 fully saturated rings. The van der Waals surface area contributed by atoms with E-state index in [0.29, 0.717) is 11.1 Å². The van der Waals surface area contributed by atoms with Crippen molar-refractivity contribution in [1.82, 2.24) is 10.2 Å². The largest absolute Gasteiger partial charge is 0.465 e. The van der Waals surface area contributed by atoms with E-state index in [2.05, 4.69) is 15.2 Å². The first-order valence-electron chi connectivity index (χ1n) is 7.03. The van der Waals surface area contributed by atoms with E-state index in [-0.39, 0.29) is 17.8 Å². The molecule has 1 aromatic carbocycles. The second kappa shape index (κ2) is 7.97. The molecular formula is C15H12F3N3O3S. The molecule has 0 amide bonds. The van der Waals surface area contributed by atoms with Gasteiger partial charge < -0.3 is 4.74 Å². The van der Waals surface area contributed by atoms with E-state index in [9.17, 15) is 22.8 Å². The number of nitrogens with zero attached hydrogens (tertiary/aromatic N) is 3. The van der Waals surface area contributed by atoms with Gasteiger partial charge in [0.05, 0.1) is 12.2 Å². The molecule has 0 aliphatic heterocycles. The molecule has 2 aromatic rings. The molecule has 0 spiro atoms. The molecule has 0 N–H and O–H groups in total. The van der Waals surface area contributed by atoms with Crippen LogP contribution < -0.4 is 0 Å². The minimum absolute atomic E-state index is 0.0331. The monoisotopic (exact) mass is 371 g/mol. The summed E-state index contributed by atoms with van der Waals surface area (Å²) in [5.41, 5.74) is -0.781. The number of hydrogen-bond donors (Lipinski definition) is 0. The number of esters is 1. The van der Waals surface area contributed by atoms with Gasteiger partial charge in [-0.25, -0.2) is 18.2 Å². The molecule has 25 heavy (non-hydrogen) atoms. The van der Waals surface area contributed by atoms with E-state index in [1.54, 1.807) is 6.92 Å². The Labute approximate surface area is 144 Å². The second-order valence-corrected chi connectivity index (χ2v) is 5.88. The Balaban J connectivity index is 2.37. The van der Waals surface area contributed by atoms with Crippen molar-refractivity contribution in [2.75, 3.05) is 6.61 Å². The maximum absolute atomic E-state index is 13.8. The first-order valence-corrected chi connectivity index (χ1v) is 7.84. The minimum Gasteiger partial charge on any atom is -0.465 e. The number of ketones is 1. The molecule has 1 heterocycles. The molecule has 6 nitrogen and oxygen atoms in total. The summed E-state index contributed by atoms with van der Waals surface area (Å²) in [6.45, 7) is 3.17. The summed E-state index contributed by atoms with van der Waals surface area (Å²) in [6, 6.07) is 0.623. The van der Waals surface area contributed by atoms with E-state index in [4.69, 9.17) is 4.74 Å². The predicted octanol–water partition coefficient (Wildman–Crippen LogP) is 3.03. The third-order valence-electron chi connectivity index (χ3n) is 2.95. The van der Waals surface area contributed by atoms with Gasteiger partial charge in [-0.05, 0) is 19.9 Å². The summed E-state index contributed by atoms with van der Waals surface area (Å²) >= 11 is 1.10. The predicted molar refractivity (Wildman–Crippen MR) is 83.6 cm³/mol. The van der Waals surface area contributed by atoms with Crippen molar-refractivity contribution in [3.8, 4) is 0 Å². The van der Waals surface area contributed by atoms with Gasteiger partial charge in [-0.1, -0.05) is 11.3 Å². The van der Waals surface area contributed by atoms with Gasteiger partial charge in [0, 0.05) is 12.3 Å². The highest BCUT2D eigenvalue weighted by molar-refractivity contribution is 7.14. The topological polar surface area (TPSA) is 81.5 Å². The van der Waals surface area contributed by atoms with Gasteiger partial charge in [0.25, 0.3) is 0 Å². The summed E-state index contributed by atoms with van der Waals surface area (Å²) < 4.78 is 44.9. The number of hydrogen-bond acceptors (Lipinski definition) is 7. The number of ether oxygens (including phenoxy) is 1. The van der Waals surface area contributed by atoms with Crippen LogP contribution in [0.15, 0.2) is 17.1 Å². The van der Waals surface area contributed by atoms with Crippen LogP contribution in [0.1, 0.15) is 22.3 Å². The standard InChI is InChI=1S/C15H12F3N3O3S/c1-3-24-14(23)9(6-19-15-21-20-7(2)25-15)13(22)8-4-11(17)12(18)5-10(8)16/h4-6,9H,3H2,1-2H3. The van der Waals surface area contributed by atoms with Gasteiger partial charge in [0.2, 0.25) is 5.13 Å². The third-order valence-corrected chi connectivity index (χ3v) is 3.69. The zero-order valence-electron chi connectivity index (χ0n) is 13.1. The van der Waals surface area contributed by atoms with E-state index in [0.717, 1.165) is 17.6 Å². The van der Waals surface area contributed by atoms with Crippen LogP contribution in [0.5, 0.6) is 0 Å². The van der Waals surface area contributed by atoms with Gasteiger partial charge in [0.1, 0.15) is 10.8 Å². The third kappa shape index (κ3) is 4.47. The van der Waals surface area contributed by atoms with Crippen LogP contribution in [0.3, 0.4) is 0 Å². The lowest BCUT2D eigenvalue weighted by Crippen LogP contribution is -2.28. The highest BCUT2D eigenvalue weighted by atomic mass is 32.1. The maximum atomic E-state index is 13.8. The minimum atomic E-state index is -1.64. The molecule has 0 saturated heterocycles. The van der Waals surface area contributed by atoms with Crippen molar-refractivity contribution in [1.29, 1.82) is 0 Å². The summed E-state index contributed by atoms with van der Waals surface area (Å²) in [7, 11) is 0. The van der Waals surface area contributed by atoms with Crippen LogP contribution >= 0.6 is 11.3 Å².